The maximum Gasteiger partial charge on any atom is 0.0562 e. The van der Waals surface area contributed by atoms with Crippen LogP contribution < -0.4 is 4.90 Å². The molecule has 3 heteroatoms. The van der Waals surface area contributed by atoms with E-state index in [1.165, 1.54) is 31.5 Å². The highest BCUT2D eigenvalue weighted by atomic mass is 16.3. The van der Waals surface area contributed by atoms with Gasteiger partial charge < -0.3 is 10.0 Å². The Morgan fingerprint density at radius 3 is 2.96 bits per heavy atom. The summed E-state index contributed by atoms with van der Waals surface area (Å²) in [6.45, 7) is 2.64. The van der Waals surface area contributed by atoms with Gasteiger partial charge in [0.25, 0.3) is 0 Å². The van der Waals surface area contributed by atoms with Crippen molar-refractivity contribution in [1.82, 2.24) is 4.90 Å². The molecule has 4 fully saturated rings. The molecule has 3 aliphatic carbocycles. The smallest absolute Gasteiger partial charge is 0.0562 e. The average molecular weight is 322 g/mol. The number of rotatable bonds is 1. The van der Waals surface area contributed by atoms with Crippen LogP contribution in [0, 0.1) is 11.3 Å². The monoisotopic (exact) mass is 322 g/mol. The molecule has 6 aliphatic rings. The standard InChI is InChI=1S/C21H26N2O/c1-22-17-6-3-2-5-16(17)20-10-12-23-11-4-7-19(18(20)23)8-9-21(20,22)15(13-19)14-24/h2-7,15,18,24H,8-14H2,1H3/t15?,18-,19+,20+,21-/m1/s1. The van der Waals surface area contributed by atoms with Gasteiger partial charge in [-0.1, -0.05) is 30.4 Å². The van der Waals surface area contributed by atoms with Crippen molar-refractivity contribution in [1.29, 1.82) is 0 Å². The summed E-state index contributed by atoms with van der Waals surface area (Å²) in [4.78, 5) is 5.35. The number of aliphatic hydroxyl groups is 1. The third kappa shape index (κ3) is 1.14. The number of benzene rings is 1. The van der Waals surface area contributed by atoms with Gasteiger partial charge in [-0.25, -0.2) is 0 Å². The largest absolute Gasteiger partial charge is 0.396 e. The van der Waals surface area contributed by atoms with Gasteiger partial charge >= 0.3 is 0 Å². The lowest BCUT2D eigenvalue weighted by atomic mass is 9.39. The number of aliphatic hydroxyl groups excluding tert-OH is 1. The highest BCUT2D eigenvalue weighted by Gasteiger charge is 2.78. The van der Waals surface area contributed by atoms with E-state index >= 15 is 0 Å². The molecule has 3 nitrogen and oxygen atoms in total. The zero-order valence-electron chi connectivity index (χ0n) is 14.4. The molecule has 126 valence electrons. The van der Waals surface area contributed by atoms with E-state index in [0.717, 1.165) is 13.0 Å². The summed E-state index contributed by atoms with van der Waals surface area (Å²) in [6, 6.07) is 9.74. The fraction of sp³-hybridized carbons (Fsp3) is 0.619. The number of fused-ring (bicyclic) bond motifs is 3. The molecule has 3 heterocycles. The number of anilines is 1. The van der Waals surface area contributed by atoms with Crippen molar-refractivity contribution in [2.45, 2.75) is 42.7 Å². The minimum atomic E-state index is 0.109. The van der Waals surface area contributed by atoms with Crippen LogP contribution in [0.15, 0.2) is 36.4 Å². The van der Waals surface area contributed by atoms with E-state index in [4.69, 9.17) is 0 Å². The van der Waals surface area contributed by atoms with Crippen molar-refractivity contribution in [3.8, 4) is 0 Å². The molecule has 0 amide bonds. The van der Waals surface area contributed by atoms with Crippen molar-refractivity contribution in [3.63, 3.8) is 0 Å². The number of nitrogens with zero attached hydrogens (tertiary/aromatic N) is 2. The molecule has 0 aromatic heterocycles. The summed E-state index contributed by atoms with van der Waals surface area (Å²) in [6.07, 6.45) is 9.86. The Bertz CT molecular complexity index is 760. The predicted molar refractivity (Wildman–Crippen MR) is 95.2 cm³/mol. The van der Waals surface area contributed by atoms with Gasteiger partial charge in [-0.05, 0) is 43.9 Å². The van der Waals surface area contributed by atoms with Crippen LogP contribution in [0.3, 0.4) is 0 Å². The van der Waals surface area contributed by atoms with E-state index in [1.807, 2.05) is 0 Å². The van der Waals surface area contributed by atoms with Gasteiger partial charge in [-0.15, -0.1) is 0 Å². The first kappa shape index (κ1) is 13.9. The number of hydrogen-bond donors (Lipinski definition) is 1. The summed E-state index contributed by atoms with van der Waals surface area (Å²) in [5.41, 5.74) is 3.58. The van der Waals surface area contributed by atoms with E-state index in [-0.39, 0.29) is 16.4 Å². The predicted octanol–water partition coefficient (Wildman–Crippen LogP) is 2.55. The molecule has 1 N–H and O–H groups in total. The van der Waals surface area contributed by atoms with Crippen LogP contribution >= 0.6 is 0 Å². The molecule has 24 heavy (non-hydrogen) atoms. The first-order chi connectivity index (χ1) is 11.7. The van der Waals surface area contributed by atoms with Gasteiger partial charge in [0.05, 0.1) is 5.54 Å². The second-order valence-electron chi connectivity index (χ2n) is 8.84. The van der Waals surface area contributed by atoms with Crippen molar-refractivity contribution >= 4 is 5.69 Å². The second-order valence-corrected chi connectivity index (χ2v) is 8.84. The minimum absolute atomic E-state index is 0.109. The zero-order valence-corrected chi connectivity index (χ0v) is 14.4. The fourth-order valence-electron chi connectivity index (χ4n) is 8.09. The Labute approximate surface area is 144 Å². The van der Waals surface area contributed by atoms with Crippen molar-refractivity contribution in [2.75, 3.05) is 31.6 Å². The molecule has 1 aromatic rings. The highest BCUT2D eigenvalue weighted by molar-refractivity contribution is 5.70. The van der Waals surface area contributed by atoms with Crippen LogP contribution in [0.25, 0.3) is 0 Å². The number of para-hydroxylation sites is 1. The molecule has 1 saturated heterocycles. The summed E-state index contributed by atoms with van der Waals surface area (Å²) >= 11 is 0. The highest BCUT2D eigenvalue weighted by Crippen LogP contribution is 2.74. The molecule has 2 bridgehead atoms. The van der Waals surface area contributed by atoms with Crippen LogP contribution in [0.5, 0.6) is 0 Å². The third-order valence-electron chi connectivity index (χ3n) is 8.57. The average Bonchev–Trinajstić information content (AvgIpc) is 3.13. The SMILES string of the molecule is CN1c2ccccc2[C@]23CCN4CC=C[C@@]5(CC[C@]12C(CO)C5)[C@@H]43. The molecular formula is C21H26N2O. The van der Waals surface area contributed by atoms with Gasteiger partial charge in [-0.3, -0.25) is 4.90 Å². The van der Waals surface area contributed by atoms with Crippen LogP contribution in [-0.2, 0) is 5.41 Å². The normalized spacial score (nSPS) is 47.7. The second kappa shape index (κ2) is 4.08. The van der Waals surface area contributed by atoms with Crippen LogP contribution in [0.4, 0.5) is 5.69 Å². The van der Waals surface area contributed by atoms with Gasteiger partial charge in [0.2, 0.25) is 0 Å². The summed E-state index contributed by atoms with van der Waals surface area (Å²) < 4.78 is 0. The lowest BCUT2D eigenvalue weighted by Crippen LogP contribution is -2.77. The Balaban J connectivity index is 1.71. The molecule has 1 unspecified atom stereocenters. The topological polar surface area (TPSA) is 26.7 Å². The van der Waals surface area contributed by atoms with Gasteiger partial charge in [0, 0.05) is 48.7 Å². The van der Waals surface area contributed by atoms with Crippen LogP contribution in [0.1, 0.15) is 31.2 Å². The molecule has 7 rings (SSSR count). The Morgan fingerprint density at radius 1 is 1.21 bits per heavy atom. The molecule has 5 atom stereocenters. The zero-order chi connectivity index (χ0) is 16.2. The van der Waals surface area contributed by atoms with E-state index in [9.17, 15) is 5.11 Å². The maximum absolute atomic E-state index is 10.4. The van der Waals surface area contributed by atoms with Crippen molar-refractivity contribution < 1.29 is 5.11 Å². The van der Waals surface area contributed by atoms with Gasteiger partial charge in [0.1, 0.15) is 0 Å². The first-order valence-corrected chi connectivity index (χ1v) is 9.56. The fourth-order valence-corrected chi connectivity index (χ4v) is 8.09. The van der Waals surface area contributed by atoms with Crippen molar-refractivity contribution in [3.05, 3.63) is 42.0 Å². The molecule has 0 radical (unpaired) electrons. The van der Waals surface area contributed by atoms with Crippen molar-refractivity contribution in [2.24, 2.45) is 11.3 Å². The minimum Gasteiger partial charge on any atom is -0.396 e. The lowest BCUT2D eigenvalue weighted by Gasteiger charge is -2.69. The molecule has 3 aliphatic heterocycles. The van der Waals surface area contributed by atoms with Gasteiger partial charge in [-0.2, -0.15) is 0 Å². The molecule has 1 aromatic carbocycles. The Morgan fingerprint density at radius 2 is 2.08 bits per heavy atom. The maximum atomic E-state index is 10.4. The van der Waals surface area contributed by atoms with Crippen LogP contribution in [0.2, 0.25) is 0 Å². The summed E-state index contributed by atoms with van der Waals surface area (Å²) in [5, 5.41) is 10.4. The van der Waals surface area contributed by atoms with E-state index in [0.29, 0.717) is 18.6 Å². The summed E-state index contributed by atoms with van der Waals surface area (Å²) in [7, 11) is 2.30. The summed E-state index contributed by atoms with van der Waals surface area (Å²) in [5.74, 6) is 0.377. The van der Waals surface area contributed by atoms with Gasteiger partial charge in [0.15, 0.2) is 0 Å². The third-order valence-corrected chi connectivity index (χ3v) is 8.57. The van der Waals surface area contributed by atoms with E-state index in [2.05, 4.69) is 53.3 Å². The van der Waals surface area contributed by atoms with E-state index < -0.39 is 0 Å². The van der Waals surface area contributed by atoms with E-state index in [1.54, 1.807) is 5.56 Å². The quantitative estimate of drug-likeness (QED) is 0.805. The van der Waals surface area contributed by atoms with Crippen LogP contribution in [-0.4, -0.2) is 48.3 Å². The molecular weight excluding hydrogens is 296 g/mol. The Hall–Kier alpha value is -1.32. The Kier molecular flexibility index (Phi) is 2.36. The molecule has 3 saturated carbocycles. The number of likely N-dealkylation sites (N-methyl/N-ethyl adjacent to an activating group) is 1. The first-order valence-electron chi connectivity index (χ1n) is 9.56. The molecule has 3 spiro atoms. The number of hydrogen-bond acceptors (Lipinski definition) is 3. The lowest BCUT2D eigenvalue weighted by molar-refractivity contribution is -0.106.